The molecule has 0 aliphatic rings. The van der Waals surface area contributed by atoms with Crippen LogP contribution in [0.15, 0.2) is 42.5 Å². The van der Waals surface area contributed by atoms with Gasteiger partial charge in [0.1, 0.15) is 0 Å². The number of aryl methyl sites for hydroxylation is 2. The van der Waals surface area contributed by atoms with Crippen molar-refractivity contribution in [1.82, 2.24) is 4.98 Å². The van der Waals surface area contributed by atoms with Crippen LogP contribution < -0.4 is 0 Å². The first-order valence-corrected chi connectivity index (χ1v) is 6.96. The molecule has 21 heavy (non-hydrogen) atoms. The molecule has 0 aliphatic heterocycles. The van der Waals surface area contributed by atoms with Crippen LogP contribution in [0, 0.1) is 13.8 Å². The van der Waals surface area contributed by atoms with Crippen molar-refractivity contribution in [3.8, 4) is 11.3 Å². The summed E-state index contributed by atoms with van der Waals surface area (Å²) in [5.41, 5.74) is 6.05. The van der Waals surface area contributed by atoms with Gasteiger partial charge >= 0.3 is 5.97 Å². The Morgan fingerprint density at radius 2 is 1.71 bits per heavy atom. The lowest BCUT2D eigenvalue weighted by atomic mass is 9.99. The maximum atomic E-state index is 11.3. The number of carboxylic acid groups (broad SMARTS) is 1. The molecule has 0 bridgehead atoms. The quantitative estimate of drug-likeness (QED) is 0.759. The summed E-state index contributed by atoms with van der Waals surface area (Å²) in [6.45, 7) is 4.06. The van der Waals surface area contributed by atoms with E-state index in [2.05, 4.69) is 11.1 Å². The van der Waals surface area contributed by atoms with Gasteiger partial charge in [0, 0.05) is 10.9 Å². The fourth-order valence-corrected chi connectivity index (χ4v) is 2.87. The first-order valence-electron chi connectivity index (χ1n) is 6.96. The molecule has 1 heterocycles. The average Bonchev–Trinajstić information content (AvgIpc) is 2.84. The van der Waals surface area contributed by atoms with Gasteiger partial charge in [0.05, 0.1) is 12.1 Å². The van der Waals surface area contributed by atoms with E-state index in [9.17, 15) is 9.90 Å². The standard InChI is InChI=1S/C18H17NO2/c1-11-8-9-12(2)17-16(11)14(10-15(20)21)18(19-17)13-6-4-3-5-7-13/h3-9,19H,10H2,1-2H3,(H,20,21). The zero-order valence-electron chi connectivity index (χ0n) is 12.1. The third kappa shape index (κ3) is 2.31. The Morgan fingerprint density at radius 1 is 1.05 bits per heavy atom. The Labute approximate surface area is 123 Å². The predicted octanol–water partition coefficient (Wildman–Crippen LogP) is 4.08. The second-order valence-corrected chi connectivity index (χ2v) is 5.36. The number of aromatic nitrogens is 1. The van der Waals surface area contributed by atoms with Gasteiger partial charge in [-0.1, -0.05) is 42.5 Å². The van der Waals surface area contributed by atoms with Crippen LogP contribution in [0.4, 0.5) is 0 Å². The number of hydrogen-bond acceptors (Lipinski definition) is 1. The smallest absolute Gasteiger partial charge is 0.307 e. The van der Waals surface area contributed by atoms with Gasteiger partial charge in [0.25, 0.3) is 0 Å². The molecule has 0 fully saturated rings. The second-order valence-electron chi connectivity index (χ2n) is 5.36. The number of H-pyrrole nitrogens is 1. The van der Waals surface area contributed by atoms with Gasteiger partial charge in [-0.05, 0) is 36.1 Å². The molecule has 0 aliphatic carbocycles. The van der Waals surface area contributed by atoms with E-state index in [1.807, 2.05) is 50.2 Å². The number of fused-ring (bicyclic) bond motifs is 1. The third-order valence-corrected chi connectivity index (χ3v) is 3.87. The summed E-state index contributed by atoms with van der Waals surface area (Å²) in [7, 11) is 0. The highest BCUT2D eigenvalue weighted by atomic mass is 16.4. The maximum Gasteiger partial charge on any atom is 0.307 e. The average molecular weight is 279 g/mol. The zero-order valence-corrected chi connectivity index (χ0v) is 12.1. The van der Waals surface area contributed by atoms with Crippen molar-refractivity contribution in [3.05, 3.63) is 59.2 Å². The van der Waals surface area contributed by atoms with Crippen LogP contribution in [0.5, 0.6) is 0 Å². The maximum absolute atomic E-state index is 11.3. The van der Waals surface area contributed by atoms with Gasteiger partial charge in [-0.2, -0.15) is 0 Å². The van der Waals surface area contributed by atoms with E-state index in [1.165, 1.54) is 0 Å². The molecule has 3 nitrogen and oxygen atoms in total. The highest BCUT2D eigenvalue weighted by Crippen LogP contribution is 2.34. The number of aliphatic carboxylic acids is 1. The van der Waals surface area contributed by atoms with E-state index in [4.69, 9.17) is 0 Å². The molecule has 0 saturated carbocycles. The molecular formula is C18H17NO2. The summed E-state index contributed by atoms with van der Waals surface area (Å²) in [4.78, 5) is 14.7. The first-order chi connectivity index (χ1) is 10.1. The summed E-state index contributed by atoms with van der Waals surface area (Å²) in [5, 5.41) is 10.3. The molecule has 0 amide bonds. The fraction of sp³-hybridized carbons (Fsp3) is 0.167. The monoisotopic (exact) mass is 279 g/mol. The normalized spacial score (nSPS) is 11.0. The molecule has 3 rings (SSSR count). The first kappa shape index (κ1) is 13.4. The van der Waals surface area contributed by atoms with Crippen LogP contribution in [-0.4, -0.2) is 16.1 Å². The molecule has 2 aromatic carbocycles. The van der Waals surface area contributed by atoms with Crippen LogP contribution in [0.1, 0.15) is 16.7 Å². The van der Waals surface area contributed by atoms with Crippen molar-refractivity contribution in [3.63, 3.8) is 0 Å². The van der Waals surface area contributed by atoms with E-state index in [0.717, 1.165) is 38.9 Å². The van der Waals surface area contributed by atoms with Gasteiger partial charge in [0.2, 0.25) is 0 Å². The van der Waals surface area contributed by atoms with Crippen molar-refractivity contribution in [1.29, 1.82) is 0 Å². The molecule has 106 valence electrons. The van der Waals surface area contributed by atoms with Gasteiger partial charge in [-0.3, -0.25) is 4.79 Å². The molecule has 3 aromatic rings. The summed E-state index contributed by atoms with van der Waals surface area (Å²) < 4.78 is 0. The fourth-order valence-electron chi connectivity index (χ4n) is 2.87. The number of benzene rings is 2. The van der Waals surface area contributed by atoms with Crippen molar-refractivity contribution < 1.29 is 9.90 Å². The number of hydrogen-bond donors (Lipinski definition) is 2. The van der Waals surface area contributed by atoms with Crippen molar-refractivity contribution in [2.45, 2.75) is 20.3 Å². The summed E-state index contributed by atoms with van der Waals surface area (Å²) >= 11 is 0. The Morgan fingerprint density at radius 3 is 2.38 bits per heavy atom. The third-order valence-electron chi connectivity index (χ3n) is 3.87. The van der Waals surface area contributed by atoms with Gasteiger partial charge in [-0.25, -0.2) is 0 Å². The van der Waals surface area contributed by atoms with Crippen molar-refractivity contribution >= 4 is 16.9 Å². The molecule has 3 heteroatoms. The molecule has 0 spiro atoms. The summed E-state index contributed by atoms with van der Waals surface area (Å²) in [6.07, 6.45) is 0.0223. The highest BCUT2D eigenvalue weighted by Gasteiger charge is 2.18. The lowest BCUT2D eigenvalue weighted by Crippen LogP contribution is -2.01. The van der Waals surface area contributed by atoms with E-state index < -0.39 is 5.97 Å². The largest absolute Gasteiger partial charge is 0.481 e. The zero-order chi connectivity index (χ0) is 15.0. The van der Waals surface area contributed by atoms with Crippen molar-refractivity contribution in [2.24, 2.45) is 0 Å². The Kier molecular flexibility index (Phi) is 3.26. The van der Waals surface area contributed by atoms with Crippen LogP contribution in [0.25, 0.3) is 22.2 Å². The molecule has 1 aromatic heterocycles. The molecular weight excluding hydrogens is 262 g/mol. The lowest BCUT2D eigenvalue weighted by Gasteiger charge is -2.04. The minimum absolute atomic E-state index is 0.0223. The minimum Gasteiger partial charge on any atom is -0.481 e. The number of aromatic amines is 1. The Balaban J connectivity index is 2.36. The number of carbonyl (C=O) groups is 1. The number of carboxylic acids is 1. The van der Waals surface area contributed by atoms with Crippen LogP contribution in [0.3, 0.4) is 0 Å². The molecule has 0 saturated heterocycles. The Bertz CT molecular complexity index is 816. The Hall–Kier alpha value is -2.55. The second kappa shape index (κ2) is 5.09. The topological polar surface area (TPSA) is 53.1 Å². The summed E-state index contributed by atoms with van der Waals surface area (Å²) in [5.74, 6) is -0.811. The molecule has 2 N–H and O–H groups in total. The van der Waals surface area contributed by atoms with Crippen LogP contribution >= 0.6 is 0 Å². The SMILES string of the molecule is Cc1ccc(C)c2c(CC(=O)O)c(-c3ccccc3)[nH]c12. The van der Waals surface area contributed by atoms with E-state index in [-0.39, 0.29) is 6.42 Å². The minimum atomic E-state index is -0.811. The molecule has 0 atom stereocenters. The highest BCUT2D eigenvalue weighted by molar-refractivity contribution is 5.97. The van der Waals surface area contributed by atoms with E-state index in [1.54, 1.807) is 0 Å². The van der Waals surface area contributed by atoms with Gasteiger partial charge < -0.3 is 10.1 Å². The van der Waals surface area contributed by atoms with Crippen LogP contribution in [0.2, 0.25) is 0 Å². The lowest BCUT2D eigenvalue weighted by molar-refractivity contribution is -0.136. The van der Waals surface area contributed by atoms with Crippen LogP contribution in [-0.2, 0) is 11.2 Å². The molecule has 0 radical (unpaired) electrons. The number of rotatable bonds is 3. The van der Waals surface area contributed by atoms with E-state index in [0.29, 0.717) is 0 Å². The van der Waals surface area contributed by atoms with Crippen molar-refractivity contribution in [2.75, 3.05) is 0 Å². The van der Waals surface area contributed by atoms with Gasteiger partial charge in [0.15, 0.2) is 0 Å². The van der Waals surface area contributed by atoms with E-state index >= 15 is 0 Å². The molecule has 0 unspecified atom stereocenters. The summed E-state index contributed by atoms with van der Waals surface area (Å²) in [6, 6.07) is 14.0. The predicted molar refractivity (Wildman–Crippen MR) is 84.5 cm³/mol. The number of nitrogens with one attached hydrogen (secondary N) is 1. The van der Waals surface area contributed by atoms with Gasteiger partial charge in [-0.15, -0.1) is 0 Å².